The van der Waals surface area contributed by atoms with E-state index in [9.17, 15) is 0 Å². The summed E-state index contributed by atoms with van der Waals surface area (Å²) in [6.45, 7) is 16.8. The van der Waals surface area contributed by atoms with Crippen molar-refractivity contribution in [1.82, 2.24) is 20.5 Å². The Balaban J connectivity index is 0.00000420. The molecule has 29 heavy (non-hydrogen) atoms. The standard InChI is InChI=1S/C22H40N6.HI/c1-6-23-22(25-12-15-28(18(2)3)19(4)5)26-17-20-10-11-24-21(16-20)27-13-8-7-9-14-27;/h10-11,16,18-19H,6-9,12-15,17H2,1-5H3,(H2,23,25,26);1H. The highest BCUT2D eigenvalue weighted by Crippen LogP contribution is 2.18. The van der Waals surface area contributed by atoms with Gasteiger partial charge in [0.25, 0.3) is 0 Å². The van der Waals surface area contributed by atoms with Crippen molar-refractivity contribution >= 4 is 35.8 Å². The van der Waals surface area contributed by atoms with E-state index in [0.717, 1.165) is 44.5 Å². The van der Waals surface area contributed by atoms with E-state index >= 15 is 0 Å². The van der Waals surface area contributed by atoms with Gasteiger partial charge in [0, 0.05) is 51.0 Å². The first-order valence-electron chi connectivity index (χ1n) is 11.0. The van der Waals surface area contributed by atoms with Crippen molar-refractivity contribution in [3.8, 4) is 0 Å². The lowest BCUT2D eigenvalue weighted by atomic mass is 10.1. The van der Waals surface area contributed by atoms with Crippen molar-refractivity contribution in [2.24, 2.45) is 4.99 Å². The quantitative estimate of drug-likeness (QED) is 0.297. The van der Waals surface area contributed by atoms with Crippen molar-refractivity contribution in [1.29, 1.82) is 0 Å². The van der Waals surface area contributed by atoms with Gasteiger partial charge in [-0.1, -0.05) is 0 Å². The third kappa shape index (κ3) is 9.07. The van der Waals surface area contributed by atoms with Crippen LogP contribution in [-0.4, -0.2) is 60.7 Å². The van der Waals surface area contributed by atoms with Crippen molar-refractivity contribution in [2.75, 3.05) is 37.6 Å². The molecule has 2 rings (SSSR count). The van der Waals surface area contributed by atoms with Gasteiger partial charge in [0.2, 0.25) is 0 Å². The van der Waals surface area contributed by atoms with Gasteiger partial charge in [-0.25, -0.2) is 9.98 Å². The topological polar surface area (TPSA) is 55.8 Å². The Labute approximate surface area is 195 Å². The van der Waals surface area contributed by atoms with Crippen molar-refractivity contribution in [2.45, 2.75) is 72.5 Å². The smallest absolute Gasteiger partial charge is 0.191 e. The third-order valence-electron chi connectivity index (χ3n) is 5.24. The van der Waals surface area contributed by atoms with E-state index < -0.39 is 0 Å². The molecule has 0 spiro atoms. The number of halogens is 1. The molecule has 1 saturated heterocycles. The van der Waals surface area contributed by atoms with E-state index in [2.05, 4.69) is 72.2 Å². The second-order valence-corrected chi connectivity index (χ2v) is 8.12. The van der Waals surface area contributed by atoms with Gasteiger partial charge in [-0.3, -0.25) is 4.90 Å². The summed E-state index contributed by atoms with van der Waals surface area (Å²) < 4.78 is 0. The minimum atomic E-state index is 0. The zero-order chi connectivity index (χ0) is 20.4. The Hall–Kier alpha value is -1.09. The minimum Gasteiger partial charge on any atom is -0.357 e. The number of pyridine rings is 1. The number of nitrogens with one attached hydrogen (secondary N) is 2. The molecule has 2 N–H and O–H groups in total. The summed E-state index contributed by atoms with van der Waals surface area (Å²) in [6.07, 6.45) is 5.78. The van der Waals surface area contributed by atoms with E-state index in [4.69, 9.17) is 4.99 Å². The molecule has 0 amide bonds. The summed E-state index contributed by atoms with van der Waals surface area (Å²) >= 11 is 0. The molecule has 7 heteroatoms. The molecule has 1 aliphatic rings. The predicted octanol–water partition coefficient (Wildman–Crippen LogP) is 3.86. The summed E-state index contributed by atoms with van der Waals surface area (Å²) in [5, 5.41) is 6.84. The number of aliphatic imine (C=N–C) groups is 1. The van der Waals surface area contributed by atoms with Crippen molar-refractivity contribution in [3.63, 3.8) is 0 Å². The highest BCUT2D eigenvalue weighted by molar-refractivity contribution is 14.0. The normalized spacial score (nSPS) is 15.0. The van der Waals surface area contributed by atoms with E-state index in [1.165, 1.54) is 24.8 Å². The van der Waals surface area contributed by atoms with Crippen LogP contribution in [0.25, 0.3) is 0 Å². The van der Waals surface area contributed by atoms with Crippen LogP contribution in [0, 0.1) is 0 Å². The zero-order valence-electron chi connectivity index (χ0n) is 18.9. The van der Waals surface area contributed by atoms with Crippen LogP contribution < -0.4 is 15.5 Å². The first-order chi connectivity index (χ1) is 13.5. The van der Waals surface area contributed by atoms with Crippen LogP contribution in [0.3, 0.4) is 0 Å². The van der Waals surface area contributed by atoms with Gasteiger partial charge in [-0.15, -0.1) is 24.0 Å². The fraction of sp³-hybridized carbons (Fsp3) is 0.727. The van der Waals surface area contributed by atoms with E-state index in [0.29, 0.717) is 18.6 Å². The molecule has 0 aromatic carbocycles. The summed E-state index contributed by atoms with van der Waals surface area (Å²) in [7, 11) is 0. The van der Waals surface area contributed by atoms with E-state index in [1.807, 2.05) is 6.20 Å². The number of nitrogens with zero attached hydrogens (tertiary/aromatic N) is 4. The molecule has 166 valence electrons. The molecular formula is C22H41IN6. The minimum absolute atomic E-state index is 0. The zero-order valence-corrected chi connectivity index (χ0v) is 21.3. The molecule has 0 radical (unpaired) electrons. The first kappa shape index (κ1) is 25.9. The highest BCUT2D eigenvalue weighted by Gasteiger charge is 2.13. The number of anilines is 1. The SMILES string of the molecule is CCNC(=NCc1ccnc(N2CCCCC2)c1)NCCN(C(C)C)C(C)C.I. The third-order valence-corrected chi connectivity index (χ3v) is 5.24. The van der Waals surface area contributed by atoms with Crippen molar-refractivity contribution in [3.05, 3.63) is 23.9 Å². The van der Waals surface area contributed by atoms with E-state index in [1.54, 1.807) is 0 Å². The lowest BCUT2D eigenvalue weighted by molar-refractivity contribution is 0.178. The van der Waals surface area contributed by atoms with Gasteiger partial charge < -0.3 is 15.5 Å². The highest BCUT2D eigenvalue weighted by atomic mass is 127. The Morgan fingerprint density at radius 2 is 1.83 bits per heavy atom. The second-order valence-electron chi connectivity index (χ2n) is 8.12. The largest absolute Gasteiger partial charge is 0.357 e. The molecule has 0 saturated carbocycles. The Morgan fingerprint density at radius 1 is 1.14 bits per heavy atom. The van der Waals surface area contributed by atoms with Gasteiger partial charge in [0.15, 0.2) is 5.96 Å². The van der Waals surface area contributed by atoms with Crippen LogP contribution in [0.2, 0.25) is 0 Å². The van der Waals surface area contributed by atoms with Gasteiger partial charge in [0.05, 0.1) is 6.54 Å². The molecule has 6 nitrogen and oxygen atoms in total. The molecule has 0 atom stereocenters. The fourth-order valence-electron chi connectivity index (χ4n) is 3.78. The second kappa shape index (κ2) is 14.0. The number of rotatable bonds is 9. The van der Waals surface area contributed by atoms with Gasteiger partial charge in [-0.2, -0.15) is 0 Å². The number of piperidine rings is 1. The number of hydrogen-bond donors (Lipinski definition) is 2. The lowest BCUT2D eigenvalue weighted by Gasteiger charge is -2.30. The van der Waals surface area contributed by atoms with Gasteiger partial charge >= 0.3 is 0 Å². The average Bonchev–Trinajstić information content (AvgIpc) is 2.69. The maximum Gasteiger partial charge on any atom is 0.191 e. The number of hydrogen-bond acceptors (Lipinski definition) is 4. The molecule has 2 heterocycles. The predicted molar refractivity (Wildman–Crippen MR) is 136 cm³/mol. The molecule has 1 aliphatic heterocycles. The number of aromatic nitrogens is 1. The Morgan fingerprint density at radius 3 is 2.45 bits per heavy atom. The fourth-order valence-corrected chi connectivity index (χ4v) is 3.78. The number of guanidine groups is 1. The average molecular weight is 517 g/mol. The molecular weight excluding hydrogens is 475 g/mol. The Bertz CT molecular complexity index is 591. The van der Waals surface area contributed by atoms with E-state index in [-0.39, 0.29) is 24.0 Å². The van der Waals surface area contributed by atoms with Gasteiger partial charge in [0.1, 0.15) is 5.82 Å². The molecule has 1 aromatic rings. The maximum atomic E-state index is 4.79. The van der Waals surface area contributed by atoms with Crippen LogP contribution in [0.5, 0.6) is 0 Å². The molecule has 0 aliphatic carbocycles. The van der Waals surface area contributed by atoms with Crippen molar-refractivity contribution < 1.29 is 0 Å². The van der Waals surface area contributed by atoms with Crippen LogP contribution >= 0.6 is 24.0 Å². The van der Waals surface area contributed by atoms with Crippen LogP contribution in [0.1, 0.15) is 59.4 Å². The van der Waals surface area contributed by atoms with Crippen LogP contribution in [-0.2, 0) is 6.54 Å². The van der Waals surface area contributed by atoms with Crippen LogP contribution in [0.15, 0.2) is 23.3 Å². The Kier molecular flexibility index (Phi) is 12.5. The van der Waals surface area contributed by atoms with Crippen LogP contribution in [0.4, 0.5) is 5.82 Å². The summed E-state index contributed by atoms with van der Waals surface area (Å²) in [5.74, 6) is 1.97. The summed E-state index contributed by atoms with van der Waals surface area (Å²) in [6, 6.07) is 5.36. The summed E-state index contributed by atoms with van der Waals surface area (Å²) in [5.41, 5.74) is 1.21. The lowest BCUT2D eigenvalue weighted by Crippen LogP contribution is -2.45. The monoisotopic (exact) mass is 516 g/mol. The molecule has 1 aromatic heterocycles. The summed E-state index contributed by atoms with van der Waals surface area (Å²) in [4.78, 5) is 14.2. The van der Waals surface area contributed by atoms with Gasteiger partial charge in [-0.05, 0) is 71.6 Å². The molecule has 0 unspecified atom stereocenters. The molecule has 0 bridgehead atoms. The molecule has 1 fully saturated rings. The maximum absolute atomic E-state index is 4.79. The first-order valence-corrected chi connectivity index (χ1v) is 11.0.